The molecule has 0 aliphatic heterocycles. The second kappa shape index (κ2) is 4.96. The standard InChI is InChI=1S/C10H14ClNO2S/c1-8(6-12)7-15(13,14)10-4-2-3-9(11)5-10/h2-5,8H,6-7,12H2,1H3. The van der Waals surface area contributed by atoms with Crippen LogP contribution >= 0.6 is 11.6 Å². The van der Waals surface area contributed by atoms with Gasteiger partial charge >= 0.3 is 0 Å². The first-order chi connectivity index (χ1) is 6.95. The van der Waals surface area contributed by atoms with Crippen molar-refractivity contribution in [2.45, 2.75) is 11.8 Å². The third kappa shape index (κ3) is 3.48. The van der Waals surface area contributed by atoms with Crippen LogP contribution in [-0.2, 0) is 9.84 Å². The van der Waals surface area contributed by atoms with E-state index >= 15 is 0 Å². The quantitative estimate of drug-likeness (QED) is 0.881. The molecule has 0 aromatic heterocycles. The van der Waals surface area contributed by atoms with Gasteiger partial charge in [-0.2, -0.15) is 0 Å². The van der Waals surface area contributed by atoms with E-state index in [1.807, 2.05) is 6.92 Å². The number of sulfone groups is 1. The van der Waals surface area contributed by atoms with E-state index in [9.17, 15) is 8.42 Å². The van der Waals surface area contributed by atoms with Crippen LogP contribution in [0, 0.1) is 5.92 Å². The summed E-state index contributed by atoms with van der Waals surface area (Å²) in [5, 5.41) is 0.427. The molecule has 84 valence electrons. The molecule has 0 fully saturated rings. The van der Waals surface area contributed by atoms with E-state index < -0.39 is 9.84 Å². The number of nitrogens with two attached hydrogens (primary N) is 1. The van der Waals surface area contributed by atoms with Gasteiger partial charge in [0.2, 0.25) is 0 Å². The van der Waals surface area contributed by atoms with Crippen molar-refractivity contribution in [1.82, 2.24) is 0 Å². The van der Waals surface area contributed by atoms with Gasteiger partial charge in [-0.15, -0.1) is 0 Å². The van der Waals surface area contributed by atoms with Gasteiger partial charge in [-0.05, 0) is 30.7 Å². The van der Waals surface area contributed by atoms with E-state index in [1.165, 1.54) is 6.07 Å². The molecule has 2 N–H and O–H groups in total. The van der Waals surface area contributed by atoms with E-state index in [2.05, 4.69) is 0 Å². The summed E-state index contributed by atoms with van der Waals surface area (Å²) < 4.78 is 23.7. The van der Waals surface area contributed by atoms with Gasteiger partial charge in [0.15, 0.2) is 9.84 Å². The van der Waals surface area contributed by atoms with Gasteiger partial charge < -0.3 is 5.73 Å². The number of rotatable bonds is 4. The Labute approximate surface area is 95.2 Å². The number of benzene rings is 1. The molecule has 0 aliphatic carbocycles. The Kier molecular flexibility index (Phi) is 4.13. The third-order valence-corrected chi connectivity index (χ3v) is 4.28. The number of hydrogen-bond acceptors (Lipinski definition) is 3. The molecular formula is C10H14ClNO2S. The molecule has 3 nitrogen and oxygen atoms in total. The molecule has 0 spiro atoms. The van der Waals surface area contributed by atoms with Crippen LogP contribution in [0.4, 0.5) is 0 Å². The number of hydrogen-bond donors (Lipinski definition) is 1. The van der Waals surface area contributed by atoms with Crippen molar-refractivity contribution in [3.63, 3.8) is 0 Å². The fourth-order valence-electron chi connectivity index (χ4n) is 1.20. The summed E-state index contributed by atoms with van der Waals surface area (Å²) in [4.78, 5) is 0.260. The van der Waals surface area contributed by atoms with Crippen LogP contribution in [0.15, 0.2) is 29.2 Å². The Hall–Kier alpha value is -0.580. The molecule has 0 radical (unpaired) electrons. The van der Waals surface area contributed by atoms with Crippen LogP contribution in [0.2, 0.25) is 5.02 Å². The minimum absolute atomic E-state index is 0.0472. The largest absolute Gasteiger partial charge is 0.330 e. The van der Waals surface area contributed by atoms with Crippen molar-refractivity contribution in [2.75, 3.05) is 12.3 Å². The normalized spacial score (nSPS) is 13.8. The SMILES string of the molecule is CC(CN)CS(=O)(=O)c1cccc(Cl)c1. The van der Waals surface area contributed by atoms with E-state index in [1.54, 1.807) is 18.2 Å². The first kappa shape index (κ1) is 12.5. The van der Waals surface area contributed by atoms with Crippen molar-refractivity contribution in [3.8, 4) is 0 Å². The van der Waals surface area contributed by atoms with Crippen molar-refractivity contribution in [1.29, 1.82) is 0 Å². The monoisotopic (exact) mass is 247 g/mol. The first-order valence-corrected chi connectivity index (χ1v) is 6.67. The van der Waals surface area contributed by atoms with Gasteiger partial charge in [0.1, 0.15) is 0 Å². The summed E-state index contributed by atoms with van der Waals surface area (Å²) >= 11 is 5.73. The molecule has 0 saturated carbocycles. The highest BCUT2D eigenvalue weighted by Crippen LogP contribution is 2.18. The third-order valence-electron chi connectivity index (χ3n) is 2.06. The van der Waals surface area contributed by atoms with E-state index in [-0.39, 0.29) is 16.6 Å². The zero-order valence-electron chi connectivity index (χ0n) is 8.48. The summed E-state index contributed by atoms with van der Waals surface area (Å²) in [6.07, 6.45) is 0. The lowest BCUT2D eigenvalue weighted by molar-refractivity contribution is 0.574. The van der Waals surface area contributed by atoms with Crippen LogP contribution in [0.25, 0.3) is 0 Å². The van der Waals surface area contributed by atoms with Crippen molar-refractivity contribution >= 4 is 21.4 Å². The van der Waals surface area contributed by atoms with E-state index in [0.29, 0.717) is 11.6 Å². The molecule has 1 aromatic rings. The molecule has 1 aromatic carbocycles. The van der Waals surface area contributed by atoms with Crippen molar-refractivity contribution in [2.24, 2.45) is 11.7 Å². The minimum Gasteiger partial charge on any atom is -0.330 e. The summed E-state index contributed by atoms with van der Waals surface area (Å²) in [5.74, 6) is 0.0121. The predicted molar refractivity (Wildman–Crippen MR) is 61.7 cm³/mol. The second-order valence-corrected chi connectivity index (χ2v) is 6.05. The van der Waals surface area contributed by atoms with Crippen LogP contribution < -0.4 is 5.73 Å². The maximum atomic E-state index is 11.8. The summed E-state index contributed by atoms with van der Waals surface area (Å²) in [6, 6.07) is 6.28. The molecule has 5 heteroatoms. The van der Waals surface area contributed by atoms with Gasteiger partial charge in [-0.3, -0.25) is 0 Å². The molecule has 0 heterocycles. The van der Waals surface area contributed by atoms with Crippen molar-refractivity contribution in [3.05, 3.63) is 29.3 Å². The highest BCUT2D eigenvalue weighted by molar-refractivity contribution is 7.91. The average molecular weight is 248 g/mol. The van der Waals surface area contributed by atoms with Crippen LogP contribution in [0.3, 0.4) is 0 Å². The molecule has 1 unspecified atom stereocenters. The molecule has 1 atom stereocenters. The van der Waals surface area contributed by atoms with Crippen molar-refractivity contribution < 1.29 is 8.42 Å². The topological polar surface area (TPSA) is 60.2 Å². The fraction of sp³-hybridized carbons (Fsp3) is 0.400. The zero-order valence-corrected chi connectivity index (χ0v) is 10.1. The molecule has 15 heavy (non-hydrogen) atoms. The lowest BCUT2D eigenvalue weighted by Crippen LogP contribution is -2.21. The highest BCUT2D eigenvalue weighted by Gasteiger charge is 2.17. The first-order valence-electron chi connectivity index (χ1n) is 4.64. The Morgan fingerprint density at radius 2 is 2.13 bits per heavy atom. The Morgan fingerprint density at radius 3 is 2.67 bits per heavy atom. The molecule has 0 saturated heterocycles. The van der Waals surface area contributed by atoms with E-state index in [0.717, 1.165) is 0 Å². The Balaban J connectivity index is 2.96. The fourth-order valence-corrected chi connectivity index (χ4v) is 3.12. The lowest BCUT2D eigenvalue weighted by Gasteiger charge is -2.09. The Morgan fingerprint density at radius 1 is 1.47 bits per heavy atom. The highest BCUT2D eigenvalue weighted by atomic mass is 35.5. The van der Waals surface area contributed by atoms with Gasteiger partial charge in [-0.25, -0.2) is 8.42 Å². The predicted octanol–water partition coefficient (Wildman–Crippen LogP) is 1.71. The maximum Gasteiger partial charge on any atom is 0.178 e. The second-order valence-electron chi connectivity index (χ2n) is 3.58. The summed E-state index contributed by atoms with van der Waals surface area (Å²) in [7, 11) is -3.26. The average Bonchev–Trinajstić information content (AvgIpc) is 2.17. The van der Waals surface area contributed by atoms with Crippen LogP contribution in [-0.4, -0.2) is 20.7 Å². The van der Waals surface area contributed by atoms with Gasteiger partial charge in [0.25, 0.3) is 0 Å². The van der Waals surface area contributed by atoms with Gasteiger partial charge in [-0.1, -0.05) is 24.6 Å². The molecule has 1 rings (SSSR count). The Bertz CT molecular complexity index is 431. The van der Waals surface area contributed by atoms with Gasteiger partial charge in [0.05, 0.1) is 10.6 Å². The van der Waals surface area contributed by atoms with Crippen LogP contribution in [0.1, 0.15) is 6.92 Å². The van der Waals surface area contributed by atoms with Crippen LogP contribution in [0.5, 0.6) is 0 Å². The summed E-state index contributed by atoms with van der Waals surface area (Å²) in [6.45, 7) is 2.17. The van der Waals surface area contributed by atoms with E-state index in [4.69, 9.17) is 17.3 Å². The lowest BCUT2D eigenvalue weighted by atomic mass is 10.2. The molecule has 0 bridgehead atoms. The zero-order chi connectivity index (χ0) is 11.5. The maximum absolute atomic E-state index is 11.8. The summed E-state index contributed by atoms with van der Waals surface area (Å²) in [5.41, 5.74) is 5.40. The van der Waals surface area contributed by atoms with Gasteiger partial charge in [0, 0.05) is 5.02 Å². The number of halogens is 1. The molecular weight excluding hydrogens is 234 g/mol. The molecule has 0 aliphatic rings. The smallest absolute Gasteiger partial charge is 0.178 e. The molecule has 0 amide bonds. The minimum atomic E-state index is -3.26.